The predicted molar refractivity (Wildman–Crippen MR) is 87.2 cm³/mol. The van der Waals surface area contributed by atoms with Gasteiger partial charge in [-0.2, -0.15) is 11.3 Å². The summed E-state index contributed by atoms with van der Waals surface area (Å²) in [6.45, 7) is 2.18. The van der Waals surface area contributed by atoms with Gasteiger partial charge in [0.2, 0.25) is 0 Å². The van der Waals surface area contributed by atoms with Gasteiger partial charge in [0.05, 0.1) is 12.1 Å². The highest BCUT2D eigenvalue weighted by molar-refractivity contribution is 7.07. The first-order chi connectivity index (χ1) is 11.0. The zero-order valence-corrected chi connectivity index (χ0v) is 13.5. The third kappa shape index (κ3) is 5.88. The number of carbonyl (C=O) groups is 1. The van der Waals surface area contributed by atoms with Crippen molar-refractivity contribution in [2.45, 2.75) is 19.1 Å². The van der Waals surface area contributed by atoms with Crippen LogP contribution in [-0.2, 0) is 0 Å². The molecule has 0 bridgehead atoms. The van der Waals surface area contributed by atoms with Crippen LogP contribution in [-0.4, -0.2) is 30.3 Å². The lowest BCUT2D eigenvalue weighted by molar-refractivity contribution is 0.172. The first-order valence-corrected chi connectivity index (χ1v) is 8.12. The lowest BCUT2D eigenvalue weighted by Crippen LogP contribution is -2.44. The Morgan fingerprint density at radius 1 is 1.35 bits per heavy atom. The van der Waals surface area contributed by atoms with Gasteiger partial charge < -0.3 is 20.5 Å². The molecule has 0 saturated heterocycles. The second-order valence-corrected chi connectivity index (χ2v) is 5.87. The van der Waals surface area contributed by atoms with Crippen LogP contribution in [0.3, 0.4) is 0 Å². The summed E-state index contributed by atoms with van der Waals surface area (Å²) in [6.07, 6.45) is -0.724. The van der Waals surface area contributed by atoms with E-state index in [1.54, 1.807) is 6.92 Å². The van der Waals surface area contributed by atoms with Crippen molar-refractivity contribution in [3.63, 3.8) is 0 Å². The Hall–Kier alpha value is -2.12. The number of aliphatic hydroxyl groups excluding tert-OH is 1. The van der Waals surface area contributed by atoms with Crippen LogP contribution in [0.4, 0.5) is 9.18 Å². The number of thiophene rings is 1. The Morgan fingerprint density at radius 2 is 2.09 bits per heavy atom. The summed E-state index contributed by atoms with van der Waals surface area (Å²) in [4.78, 5) is 11.7. The maximum Gasteiger partial charge on any atom is 0.315 e. The van der Waals surface area contributed by atoms with Gasteiger partial charge in [0, 0.05) is 6.54 Å². The molecule has 124 valence electrons. The third-order valence-corrected chi connectivity index (χ3v) is 3.78. The fourth-order valence-corrected chi connectivity index (χ4v) is 2.55. The van der Waals surface area contributed by atoms with Crippen molar-refractivity contribution in [1.82, 2.24) is 10.6 Å². The van der Waals surface area contributed by atoms with Crippen molar-refractivity contribution >= 4 is 17.4 Å². The summed E-state index contributed by atoms with van der Waals surface area (Å²) in [7, 11) is 0. The molecule has 0 fully saturated rings. The van der Waals surface area contributed by atoms with Gasteiger partial charge >= 0.3 is 6.03 Å². The van der Waals surface area contributed by atoms with Gasteiger partial charge in [0.15, 0.2) is 0 Å². The molecule has 2 atom stereocenters. The second kappa shape index (κ2) is 8.50. The number of halogens is 1. The molecule has 0 saturated carbocycles. The molecule has 1 heterocycles. The molecule has 1 aromatic carbocycles. The maximum atomic E-state index is 12.8. The van der Waals surface area contributed by atoms with Crippen molar-refractivity contribution in [3.8, 4) is 5.75 Å². The highest BCUT2D eigenvalue weighted by atomic mass is 32.1. The van der Waals surface area contributed by atoms with Gasteiger partial charge in [-0.3, -0.25) is 0 Å². The van der Waals surface area contributed by atoms with Crippen LogP contribution in [0.2, 0.25) is 0 Å². The SMILES string of the molecule is C[C@@H](COc1ccc(F)cc1)NC(=O)NC[C@H](O)c1ccsc1. The quantitative estimate of drug-likeness (QED) is 0.727. The van der Waals surface area contributed by atoms with E-state index >= 15 is 0 Å². The molecule has 0 aliphatic carbocycles. The molecule has 0 aliphatic heterocycles. The molecule has 2 aromatic rings. The Balaban J connectivity index is 1.67. The van der Waals surface area contributed by atoms with Crippen molar-refractivity contribution in [3.05, 3.63) is 52.5 Å². The largest absolute Gasteiger partial charge is 0.491 e. The minimum atomic E-state index is -0.724. The molecular formula is C16H19FN2O3S. The van der Waals surface area contributed by atoms with Gasteiger partial charge in [-0.05, 0) is 53.6 Å². The number of hydrogen-bond donors (Lipinski definition) is 3. The van der Waals surface area contributed by atoms with E-state index in [1.807, 2.05) is 16.8 Å². The number of urea groups is 1. The van der Waals surface area contributed by atoms with Gasteiger partial charge in [-0.15, -0.1) is 0 Å². The summed E-state index contributed by atoms with van der Waals surface area (Å²) in [5, 5.41) is 18.9. The molecule has 0 radical (unpaired) electrons. The van der Waals surface area contributed by atoms with Crippen LogP contribution in [0.25, 0.3) is 0 Å². The molecule has 2 amide bonds. The number of carbonyl (C=O) groups excluding carboxylic acids is 1. The normalized spacial score (nSPS) is 13.2. The fourth-order valence-electron chi connectivity index (χ4n) is 1.84. The summed E-state index contributed by atoms with van der Waals surface area (Å²) < 4.78 is 18.2. The van der Waals surface area contributed by atoms with Crippen LogP contribution in [0.15, 0.2) is 41.1 Å². The molecule has 0 unspecified atom stereocenters. The molecule has 0 aliphatic rings. The molecule has 3 N–H and O–H groups in total. The average molecular weight is 338 g/mol. The van der Waals surface area contributed by atoms with Crippen molar-refractivity contribution < 1.29 is 19.0 Å². The van der Waals surface area contributed by atoms with Crippen LogP contribution < -0.4 is 15.4 Å². The lowest BCUT2D eigenvalue weighted by atomic mass is 10.2. The highest BCUT2D eigenvalue weighted by Gasteiger charge is 2.12. The molecule has 2 rings (SSSR count). The zero-order chi connectivity index (χ0) is 16.7. The van der Waals surface area contributed by atoms with Crippen LogP contribution >= 0.6 is 11.3 Å². The topological polar surface area (TPSA) is 70.6 Å². The van der Waals surface area contributed by atoms with Crippen molar-refractivity contribution in [2.24, 2.45) is 0 Å². The van der Waals surface area contributed by atoms with E-state index in [-0.39, 0.29) is 31.0 Å². The van der Waals surface area contributed by atoms with Crippen LogP contribution in [0.5, 0.6) is 5.75 Å². The first-order valence-electron chi connectivity index (χ1n) is 7.17. The van der Waals surface area contributed by atoms with E-state index in [0.717, 1.165) is 5.56 Å². The van der Waals surface area contributed by atoms with E-state index in [1.165, 1.54) is 35.6 Å². The first kappa shape index (κ1) is 17.2. The Kier molecular flexibility index (Phi) is 6.37. The average Bonchev–Trinajstić information content (AvgIpc) is 3.06. The molecule has 23 heavy (non-hydrogen) atoms. The number of rotatable bonds is 7. The van der Waals surface area contributed by atoms with Crippen LogP contribution in [0, 0.1) is 5.82 Å². The minimum absolute atomic E-state index is 0.133. The van der Waals surface area contributed by atoms with Gasteiger partial charge in [0.1, 0.15) is 18.2 Å². The number of benzene rings is 1. The van der Waals surface area contributed by atoms with E-state index in [2.05, 4.69) is 10.6 Å². The Labute approximate surface area is 138 Å². The zero-order valence-electron chi connectivity index (χ0n) is 12.7. The number of aliphatic hydroxyl groups is 1. The fraction of sp³-hybridized carbons (Fsp3) is 0.312. The van der Waals surface area contributed by atoms with Gasteiger partial charge in [-0.25, -0.2) is 9.18 Å². The minimum Gasteiger partial charge on any atom is -0.491 e. The van der Waals surface area contributed by atoms with Crippen LogP contribution in [0.1, 0.15) is 18.6 Å². The summed E-state index contributed by atoms with van der Waals surface area (Å²) >= 11 is 1.49. The number of hydrogen-bond acceptors (Lipinski definition) is 4. The summed E-state index contributed by atoms with van der Waals surface area (Å²) in [6, 6.07) is 6.87. The molecular weight excluding hydrogens is 319 g/mol. The summed E-state index contributed by atoms with van der Waals surface area (Å²) in [5.74, 6) is 0.209. The molecule has 5 nitrogen and oxygen atoms in total. The summed E-state index contributed by atoms with van der Waals surface area (Å²) in [5.41, 5.74) is 0.781. The molecule has 7 heteroatoms. The lowest BCUT2D eigenvalue weighted by Gasteiger charge is -2.16. The monoisotopic (exact) mass is 338 g/mol. The van der Waals surface area contributed by atoms with E-state index in [9.17, 15) is 14.3 Å². The van der Waals surface area contributed by atoms with E-state index in [0.29, 0.717) is 5.75 Å². The van der Waals surface area contributed by atoms with Crippen molar-refractivity contribution in [1.29, 1.82) is 0 Å². The second-order valence-electron chi connectivity index (χ2n) is 5.09. The molecule has 1 aromatic heterocycles. The number of amides is 2. The Morgan fingerprint density at radius 3 is 2.74 bits per heavy atom. The van der Waals surface area contributed by atoms with Gasteiger partial charge in [0.25, 0.3) is 0 Å². The Bertz CT molecular complexity index is 604. The smallest absolute Gasteiger partial charge is 0.315 e. The third-order valence-electron chi connectivity index (χ3n) is 3.08. The molecule has 0 spiro atoms. The maximum absolute atomic E-state index is 12.8. The predicted octanol–water partition coefficient (Wildman–Crippen LogP) is 2.69. The number of ether oxygens (including phenoxy) is 1. The van der Waals surface area contributed by atoms with E-state index in [4.69, 9.17) is 4.74 Å². The standard InChI is InChI=1S/C16H19FN2O3S/c1-11(9-22-14-4-2-13(17)3-5-14)19-16(21)18-8-15(20)12-6-7-23-10-12/h2-7,10-11,15,20H,8-9H2,1H3,(H2,18,19,21)/t11-,15-/m0/s1. The van der Waals surface area contributed by atoms with Crippen molar-refractivity contribution in [2.75, 3.05) is 13.2 Å². The van der Waals surface area contributed by atoms with E-state index < -0.39 is 6.10 Å². The van der Waals surface area contributed by atoms with Gasteiger partial charge in [-0.1, -0.05) is 0 Å². The number of nitrogens with one attached hydrogen (secondary N) is 2. The highest BCUT2D eigenvalue weighted by Crippen LogP contribution is 2.15.